The summed E-state index contributed by atoms with van der Waals surface area (Å²) in [5.41, 5.74) is 0.979. The quantitative estimate of drug-likeness (QED) is 0.405. The van der Waals surface area contributed by atoms with Crippen LogP contribution in [-0.4, -0.2) is 16.5 Å². The standard InChI is InChI=1S/C13H20N4O2/c1-2-3-4-8-15-13(11-17(18)19)16-10-12-6-5-7-14-9-12/h5-7,9,11,15-16H,2-4,8,10H2,1H3. The Kier molecular flexibility index (Phi) is 7.01. The van der Waals surface area contributed by atoms with Gasteiger partial charge in [-0.2, -0.15) is 0 Å². The Labute approximate surface area is 113 Å². The molecule has 0 saturated heterocycles. The van der Waals surface area contributed by atoms with Gasteiger partial charge in [-0.25, -0.2) is 0 Å². The third-order valence-electron chi connectivity index (χ3n) is 2.54. The molecule has 1 aromatic rings. The molecule has 0 aliphatic rings. The number of nitrogens with one attached hydrogen (secondary N) is 2. The fourth-order valence-corrected chi connectivity index (χ4v) is 1.56. The van der Waals surface area contributed by atoms with E-state index in [4.69, 9.17) is 0 Å². The summed E-state index contributed by atoms with van der Waals surface area (Å²) >= 11 is 0. The lowest BCUT2D eigenvalue weighted by Gasteiger charge is -2.11. The lowest BCUT2D eigenvalue weighted by atomic mass is 10.2. The highest BCUT2D eigenvalue weighted by Gasteiger charge is 2.02. The van der Waals surface area contributed by atoms with Crippen LogP contribution >= 0.6 is 0 Å². The normalized spacial score (nSPS) is 11.1. The molecule has 0 aliphatic carbocycles. The average molecular weight is 264 g/mol. The maximum absolute atomic E-state index is 10.5. The summed E-state index contributed by atoms with van der Waals surface area (Å²) in [6.07, 6.45) is 7.62. The molecule has 0 atom stereocenters. The van der Waals surface area contributed by atoms with Crippen molar-refractivity contribution in [2.45, 2.75) is 32.7 Å². The number of rotatable bonds is 9. The van der Waals surface area contributed by atoms with Gasteiger partial charge in [-0.05, 0) is 18.1 Å². The van der Waals surface area contributed by atoms with Gasteiger partial charge in [-0.1, -0.05) is 25.8 Å². The SMILES string of the molecule is CCCCCNC(=C[N+](=O)[O-])NCc1cccnc1. The molecule has 6 nitrogen and oxygen atoms in total. The molecule has 1 aromatic heterocycles. The van der Waals surface area contributed by atoms with Gasteiger partial charge >= 0.3 is 0 Å². The van der Waals surface area contributed by atoms with E-state index in [0.717, 1.165) is 37.6 Å². The molecule has 0 bridgehead atoms. The molecule has 0 aromatic carbocycles. The number of aromatic nitrogens is 1. The first-order valence-corrected chi connectivity index (χ1v) is 6.44. The predicted octanol–water partition coefficient (Wildman–Crippen LogP) is 2.03. The van der Waals surface area contributed by atoms with Crippen LogP contribution in [0.1, 0.15) is 31.7 Å². The van der Waals surface area contributed by atoms with Gasteiger partial charge in [0.1, 0.15) is 0 Å². The number of hydrogen-bond acceptors (Lipinski definition) is 5. The Hall–Kier alpha value is -2.11. The number of nitrogens with zero attached hydrogens (tertiary/aromatic N) is 2. The van der Waals surface area contributed by atoms with Crippen LogP contribution in [0, 0.1) is 10.1 Å². The maximum Gasteiger partial charge on any atom is 0.274 e. The summed E-state index contributed by atoms with van der Waals surface area (Å²) in [6.45, 7) is 3.36. The van der Waals surface area contributed by atoms with Crippen LogP contribution in [0.25, 0.3) is 0 Å². The van der Waals surface area contributed by atoms with Gasteiger partial charge in [0, 0.05) is 25.5 Å². The summed E-state index contributed by atoms with van der Waals surface area (Å²) in [4.78, 5) is 14.1. The highest BCUT2D eigenvalue weighted by molar-refractivity contribution is 5.09. The highest BCUT2D eigenvalue weighted by atomic mass is 16.6. The van der Waals surface area contributed by atoms with E-state index in [-0.39, 0.29) is 0 Å². The first-order valence-electron chi connectivity index (χ1n) is 6.44. The Bertz CT molecular complexity index is 406. The van der Waals surface area contributed by atoms with Gasteiger partial charge < -0.3 is 10.6 Å². The van der Waals surface area contributed by atoms with Crippen LogP contribution in [0.5, 0.6) is 0 Å². The number of unbranched alkanes of at least 4 members (excludes halogenated alkanes) is 2. The summed E-state index contributed by atoms with van der Waals surface area (Å²) in [5.74, 6) is 0.435. The van der Waals surface area contributed by atoms with Gasteiger partial charge in [-0.3, -0.25) is 15.1 Å². The molecule has 0 amide bonds. The van der Waals surface area contributed by atoms with Gasteiger partial charge in [-0.15, -0.1) is 0 Å². The summed E-state index contributed by atoms with van der Waals surface area (Å²) in [7, 11) is 0. The molecule has 0 unspecified atom stereocenters. The third-order valence-corrected chi connectivity index (χ3v) is 2.54. The first-order chi connectivity index (χ1) is 9.22. The highest BCUT2D eigenvalue weighted by Crippen LogP contribution is 1.97. The van der Waals surface area contributed by atoms with Crippen molar-refractivity contribution in [3.05, 3.63) is 52.2 Å². The number of hydrogen-bond donors (Lipinski definition) is 2. The van der Waals surface area contributed by atoms with Crippen LogP contribution in [0.3, 0.4) is 0 Å². The Balaban J connectivity index is 2.44. The van der Waals surface area contributed by atoms with Crippen LogP contribution in [0.2, 0.25) is 0 Å². The molecule has 19 heavy (non-hydrogen) atoms. The molecule has 6 heteroatoms. The van der Waals surface area contributed by atoms with E-state index < -0.39 is 4.92 Å². The van der Waals surface area contributed by atoms with E-state index >= 15 is 0 Å². The Morgan fingerprint density at radius 2 is 2.32 bits per heavy atom. The zero-order valence-electron chi connectivity index (χ0n) is 11.1. The minimum Gasteiger partial charge on any atom is -0.367 e. The molecule has 0 aliphatic heterocycles. The summed E-state index contributed by atoms with van der Waals surface area (Å²) in [6, 6.07) is 3.75. The Morgan fingerprint density at radius 1 is 1.47 bits per heavy atom. The second kappa shape index (κ2) is 8.91. The minimum atomic E-state index is -0.460. The van der Waals surface area contributed by atoms with Crippen molar-refractivity contribution in [3.63, 3.8) is 0 Å². The van der Waals surface area contributed by atoms with E-state index in [1.165, 1.54) is 0 Å². The van der Waals surface area contributed by atoms with Crippen molar-refractivity contribution in [1.82, 2.24) is 15.6 Å². The lowest BCUT2D eigenvalue weighted by molar-refractivity contribution is -0.404. The van der Waals surface area contributed by atoms with Crippen LogP contribution in [-0.2, 0) is 6.54 Å². The van der Waals surface area contributed by atoms with E-state index in [2.05, 4.69) is 22.5 Å². The van der Waals surface area contributed by atoms with Gasteiger partial charge in [0.2, 0.25) is 0 Å². The van der Waals surface area contributed by atoms with E-state index in [9.17, 15) is 10.1 Å². The number of nitro groups is 1. The molecule has 1 rings (SSSR count). The first kappa shape index (κ1) is 14.9. The van der Waals surface area contributed by atoms with Crippen molar-refractivity contribution >= 4 is 0 Å². The zero-order chi connectivity index (χ0) is 13.9. The molecule has 0 fully saturated rings. The maximum atomic E-state index is 10.5. The third kappa shape index (κ3) is 7.03. The Morgan fingerprint density at radius 3 is 2.95 bits per heavy atom. The lowest BCUT2D eigenvalue weighted by Crippen LogP contribution is -2.27. The van der Waals surface area contributed by atoms with Gasteiger partial charge in [0.15, 0.2) is 5.82 Å². The van der Waals surface area contributed by atoms with Crippen molar-refractivity contribution in [2.75, 3.05) is 6.54 Å². The van der Waals surface area contributed by atoms with Crippen molar-refractivity contribution in [1.29, 1.82) is 0 Å². The van der Waals surface area contributed by atoms with Crippen molar-refractivity contribution < 1.29 is 4.92 Å². The molecular weight excluding hydrogens is 244 g/mol. The minimum absolute atomic E-state index is 0.435. The van der Waals surface area contributed by atoms with Crippen LogP contribution < -0.4 is 10.6 Å². The fourth-order valence-electron chi connectivity index (χ4n) is 1.56. The van der Waals surface area contributed by atoms with E-state index in [1.54, 1.807) is 12.4 Å². The van der Waals surface area contributed by atoms with Gasteiger partial charge in [0.25, 0.3) is 6.20 Å². The average Bonchev–Trinajstić information content (AvgIpc) is 2.41. The number of pyridine rings is 1. The smallest absolute Gasteiger partial charge is 0.274 e. The molecule has 0 spiro atoms. The molecular formula is C13H20N4O2. The second-order valence-corrected chi connectivity index (χ2v) is 4.18. The van der Waals surface area contributed by atoms with E-state index in [1.807, 2.05) is 12.1 Å². The van der Waals surface area contributed by atoms with Crippen molar-refractivity contribution in [2.24, 2.45) is 0 Å². The summed E-state index contributed by atoms with van der Waals surface area (Å²) in [5, 5.41) is 16.6. The second-order valence-electron chi connectivity index (χ2n) is 4.18. The molecule has 0 radical (unpaired) electrons. The molecule has 1 heterocycles. The molecule has 0 saturated carbocycles. The molecule has 2 N–H and O–H groups in total. The monoisotopic (exact) mass is 264 g/mol. The topological polar surface area (TPSA) is 80.1 Å². The van der Waals surface area contributed by atoms with Crippen LogP contribution in [0.15, 0.2) is 36.5 Å². The largest absolute Gasteiger partial charge is 0.367 e. The van der Waals surface area contributed by atoms with E-state index in [0.29, 0.717) is 12.4 Å². The zero-order valence-corrected chi connectivity index (χ0v) is 11.1. The summed E-state index contributed by atoms with van der Waals surface area (Å²) < 4.78 is 0. The molecule has 104 valence electrons. The van der Waals surface area contributed by atoms with Gasteiger partial charge in [0.05, 0.1) is 4.92 Å². The predicted molar refractivity (Wildman–Crippen MR) is 73.7 cm³/mol. The fraction of sp³-hybridized carbons (Fsp3) is 0.462. The van der Waals surface area contributed by atoms with Crippen molar-refractivity contribution in [3.8, 4) is 0 Å². The van der Waals surface area contributed by atoms with Crippen LogP contribution in [0.4, 0.5) is 0 Å².